The molecule has 0 radical (unpaired) electrons. The minimum atomic E-state index is 0.908. The zero-order chi connectivity index (χ0) is 25.7. The molecule has 0 aliphatic rings. The normalized spacial score (nSPS) is 10.9. The molecule has 0 aromatic heterocycles. The predicted molar refractivity (Wildman–Crippen MR) is 162 cm³/mol. The van der Waals surface area contributed by atoms with E-state index >= 15 is 0 Å². The van der Waals surface area contributed by atoms with Crippen LogP contribution >= 0.6 is 0 Å². The highest BCUT2D eigenvalue weighted by atomic mass is 14.1. The van der Waals surface area contributed by atoms with Gasteiger partial charge in [0.05, 0.1) is 0 Å². The molecule has 0 heteroatoms. The first-order valence-electron chi connectivity index (χ1n) is 13.2. The van der Waals surface area contributed by atoms with E-state index in [-0.39, 0.29) is 0 Å². The predicted octanol–water partition coefficient (Wildman–Crippen LogP) is 10.3. The van der Waals surface area contributed by atoms with Crippen LogP contribution in [0.15, 0.2) is 152 Å². The molecule has 182 valence electrons. The van der Waals surface area contributed by atoms with E-state index in [2.05, 4.69) is 159 Å². The van der Waals surface area contributed by atoms with E-state index in [4.69, 9.17) is 0 Å². The quantitative estimate of drug-likeness (QED) is 0.220. The van der Waals surface area contributed by atoms with Crippen LogP contribution in [0.1, 0.15) is 16.7 Å². The highest BCUT2D eigenvalue weighted by Gasteiger charge is 2.07. The maximum absolute atomic E-state index is 2.36. The van der Waals surface area contributed by atoms with E-state index in [9.17, 15) is 0 Å². The van der Waals surface area contributed by atoms with Crippen LogP contribution in [0.5, 0.6) is 0 Å². The van der Waals surface area contributed by atoms with Crippen molar-refractivity contribution in [3.63, 3.8) is 0 Å². The van der Waals surface area contributed by atoms with Crippen molar-refractivity contribution < 1.29 is 0 Å². The van der Waals surface area contributed by atoms with Gasteiger partial charge in [-0.05, 0) is 74.5 Å². The molecule has 38 heavy (non-hydrogen) atoms. The summed E-state index contributed by atoms with van der Waals surface area (Å²) in [5.74, 6) is 0. The van der Waals surface area contributed by atoms with Gasteiger partial charge < -0.3 is 0 Å². The van der Waals surface area contributed by atoms with Gasteiger partial charge >= 0.3 is 0 Å². The lowest BCUT2D eigenvalue weighted by molar-refractivity contribution is 1.19. The van der Waals surface area contributed by atoms with E-state index in [1.54, 1.807) is 0 Å². The Kier molecular flexibility index (Phi) is 6.70. The lowest BCUT2D eigenvalue weighted by Gasteiger charge is -2.12. The second-order valence-electron chi connectivity index (χ2n) is 9.91. The van der Waals surface area contributed by atoms with Gasteiger partial charge in [-0.25, -0.2) is 0 Å². The second-order valence-corrected chi connectivity index (χ2v) is 9.91. The summed E-state index contributed by atoms with van der Waals surface area (Å²) in [6.45, 7) is 2.20. The van der Waals surface area contributed by atoms with Crippen LogP contribution in [-0.4, -0.2) is 0 Å². The summed E-state index contributed by atoms with van der Waals surface area (Å²) in [5.41, 5.74) is 14.0. The third-order valence-corrected chi connectivity index (χ3v) is 7.27. The SMILES string of the molecule is Cc1ccc(Cc2cccc(-c3ccc(-c4ccccc4)cc3)c2)cc1-c1ccc(-c2ccccc2)cc1. The third kappa shape index (κ3) is 5.21. The fourth-order valence-electron chi connectivity index (χ4n) is 5.15. The van der Waals surface area contributed by atoms with Crippen LogP contribution in [-0.2, 0) is 6.42 Å². The minimum Gasteiger partial charge on any atom is -0.0622 e. The molecule has 0 saturated carbocycles. The van der Waals surface area contributed by atoms with Gasteiger partial charge in [-0.15, -0.1) is 0 Å². The maximum Gasteiger partial charge on any atom is -0.00253 e. The largest absolute Gasteiger partial charge is 0.0622 e. The van der Waals surface area contributed by atoms with Crippen LogP contribution in [0.4, 0.5) is 0 Å². The van der Waals surface area contributed by atoms with Crippen molar-refractivity contribution in [1.29, 1.82) is 0 Å². The van der Waals surface area contributed by atoms with Crippen LogP contribution in [0.3, 0.4) is 0 Å². The Bertz CT molecular complexity index is 1640. The summed E-state index contributed by atoms with van der Waals surface area (Å²) < 4.78 is 0. The molecule has 0 aliphatic heterocycles. The van der Waals surface area contributed by atoms with Gasteiger partial charge in [-0.2, -0.15) is 0 Å². The zero-order valence-corrected chi connectivity index (χ0v) is 21.6. The second kappa shape index (κ2) is 10.7. The molecule has 6 rings (SSSR count). The molecule has 0 atom stereocenters. The molecule has 0 spiro atoms. The Morgan fingerprint density at radius 1 is 0.342 bits per heavy atom. The Morgan fingerprint density at radius 3 is 1.37 bits per heavy atom. The smallest absolute Gasteiger partial charge is 0.00253 e. The fourth-order valence-corrected chi connectivity index (χ4v) is 5.15. The van der Waals surface area contributed by atoms with Crippen LogP contribution in [0.25, 0.3) is 44.5 Å². The molecule has 6 aromatic rings. The average Bonchev–Trinajstić information content (AvgIpc) is 2.99. The number of hydrogen-bond acceptors (Lipinski definition) is 0. The zero-order valence-electron chi connectivity index (χ0n) is 21.6. The van der Waals surface area contributed by atoms with Crippen LogP contribution in [0.2, 0.25) is 0 Å². The molecular formula is C38H30. The Labute approximate surface area is 225 Å². The van der Waals surface area contributed by atoms with E-state index in [0.717, 1.165) is 6.42 Å². The summed E-state index contributed by atoms with van der Waals surface area (Å²) in [4.78, 5) is 0. The topological polar surface area (TPSA) is 0 Å². The van der Waals surface area contributed by atoms with E-state index in [0.29, 0.717) is 0 Å². The van der Waals surface area contributed by atoms with Gasteiger partial charge in [0.1, 0.15) is 0 Å². The van der Waals surface area contributed by atoms with Crippen LogP contribution < -0.4 is 0 Å². The fraction of sp³-hybridized carbons (Fsp3) is 0.0526. The highest BCUT2D eigenvalue weighted by Crippen LogP contribution is 2.30. The Hall–Kier alpha value is -4.68. The molecule has 0 amide bonds. The summed E-state index contributed by atoms with van der Waals surface area (Å²) in [7, 11) is 0. The van der Waals surface area contributed by atoms with E-state index < -0.39 is 0 Å². The lowest BCUT2D eigenvalue weighted by atomic mass is 9.93. The average molecular weight is 487 g/mol. The number of rotatable bonds is 6. The van der Waals surface area contributed by atoms with Gasteiger partial charge in [0.25, 0.3) is 0 Å². The van der Waals surface area contributed by atoms with Gasteiger partial charge in [0.15, 0.2) is 0 Å². The molecule has 0 heterocycles. The van der Waals surface area contributed by atoms with Crippen molar-refractivity contribution in [1.82, 2.24) is 0 Å². The molecule has 0 fully saturated rings. The molecule has 0 aliphatic carbocycles. The van der Waals surface area contributed by atoms with Gasteiger partial charge in [-0.1, -0.05) is 152 Å². The molecule has 6 aromatic carbocycles. The Morgan fingerprint density at radius 2 is 0.789 bits per heavy atom. The van der Waals surface area contributed by atoms with Crippen LogP contribution in [0, 0.1) is 6.92 Å². The highest BCUT2D eigenvalue weighted by molar-refractivity contribution is 5.73. The molecular weight excluding hydrogens is 456 g/mol. The summed E-state index contributed by atoms with van der Waals surface area (Å²) in [6, 6.07) is 54.7. The number of hydrogen-bond donors (Lipinski definition) is 0. The molecule has 0 unspecified atom stereocenters. The first kappa shape index (κ1) is 23.7. The van der Waals surface area contributed by atoms with Gasteiger partial charge in [0.2, 0.25) is 0 Å². The summed E-state index contributed by atoms with van der Waals surface area (Å²) in [5, 5.41) is 0. The number of aryl methyl sites for hydroxylation is 1. The monoisotopic (exact) mass is 486 g/mol. The van der Waals surface area contributed by atoms with Crippen molar-refractivity contribution in [3.8, 4) is 44.5 Å². The van der Waals surface area contributed by atoms with E-state index in [1.165, 1.54) is 61.2 Å². The summed E-state index contributed by atoms with van der Waals surface area (Å²) in [6.07, 6.45) is 0.908. The van der Waals surface area contributed by atoms with Gasteiger partial charge in [-0.3, -0.25) is 0 Å². The van der Waals surface area contributed by atoms with Crippen molar-refractivity contribution in [2.45, 2.75) is 13.3 Å². The lowest BCUT2D eigenvalue weighted by Crippen LogP contribution is -1.92. The third-order valence-electron chi connectivity index (χ3n) is 7.27. The first-order valence-corrected chi connectivity index (χ1v) is 13.2. The molecule has 0 saturated heterocycles. The standard InChI is InChI=1S/C38H30/c1-28-15-16-30(27-38(28)36-23-21-34(22-24-36)32-12-6-3-7-13-32)25-29-9-8-14-37(26-29)35-19-17-33(18-20-35)31-10-4-2-5-11-31/h2-24,26-27H,25H2,1H3. The van der Waals surface area contributed by atoms with Crippen molar-refractivity contribution in [2.24, 2.45) is 0 Å². The summed E-state index contributed by atoms with van der Waals surface area (Å²) >= 11 is 0. The Balaban J connectivity index is 1.22. The first-order chi connectivity index (χ1) is 18.7. The van der Waals surface area contributed by atoms with Crippen molar-refractivity contribution in [2.75, 3.05) is 0 Å². The van der Waals surface area contributed by atoms with Crippen molar-refractivity contribution >= 4 is 0 Å². The molecule has 0 nitrogen and oxygen atoms in total. The number of benzene rings is 6. The van der Waals surface area contributed by atoms with Gasteiger partial charge in [0, 0.05) is 0 Å². The van der Waals surface area contributed by atoms with Crippen molar-refractivity contribution in [3.05, 3.63) is 168 Å². The maximum atomic E-state index is 2.36. The molecule has 0 N–H and O–H groups in total. The molecule has 0 bridgehead atoms. The van der Waals surface area contributed by atoms with E-state index in [1.807, 2.05) is 0 Å². The minimum absolute atomic E-state index is 0.908.